The zero-order valence-electron chi connectivity index (χ0n) is 12.0. The lowest BCUT2D eigenvalue weighted by Gasteiger charge is -2.36. The number of pyridine rings is 1. The molecule has 8 heteroatoms. The molecule has 1 atom stereocenters. The molecule has 8 nitrogen and oxygen atoms in total. The van der Waals surface area contributed by atoms with Gasteiger partial charge in [0.05, 0.1) is 4.92 Å². The molecule has 114 valence electrons. The van der Waals surface area contributed by atoms with Crippen molar-refractivity contribution in [2.45, 2.75) is 18.9 Å². The van der Waals surface area contributed by atoms with Gasteiger partial charge in [0.1, 0.15) is 17.6 Å². The van der Waals surface area contributed by atoms with E-state index in [-0.39, 0.29) is 11.6 Å². The molecule has 1 N–H and O–H groups in total. The van der Waals surface area contributed by atoms with E-state index in [2.05, 4.69) is 9.88 Å². The molecule has 0 radical (unpaired) electrons. The molecular weight excluding hydrogens is 276 g/mol. The predicted molar refractivity (Wildman–Crippen MR) is 76.8 cm³/mol. The van der Waals surface area contributed by atoms with E-state index in [1.165, 1.54) is 6.07 Å². The van der Waals surface area contributed by atoms with Crippen molar-refractivity contribution in [1.82, 2.24) is 9.88 Å². The Hall–Kier alpha value is -2.22. The van der Waals surface area contributed by atoms with Crippen LogP contribution in [0.3, 0.4) is 0 Å². The Balaban J connectivity index is 2.29. The van der Waals surface area contributed by atoms with Gasteiger partial charge in [-0.15, -0.1) is 0 Å². The van der Waals surface area contributed by atoms with Crippen molar-refractivity contribution >= 4 is 17.5 Å². The highest BCUT2D eigenvalue weighted by Crippen LogP contribution is 2.25. The zero-order valence-corrected chi connectivity index (χ0v) is 12.0. The second-order valence-electron chi connectivity index (χ2n) is 5.29. The number of anilines is 1. The standard InChI is InChI=1S/C13H18N4O4/c1-15-5-3-4-9(8-15)16(2)12-6-10(13(18)19)11(7-14-12)17(20)21/h6-7,9H,3-5,8H2,1-2H3,(H,18,19). The first-order valence-electron chi connectivity index (χ1n) is 6.69. The molecule has 1 aliphatic rings. The largest absolute Gasteiger partial charge is 0.477 e. The van der Waals surface area contributed by atoms with Crippen LogP contribution in [-0.2, 0) is 0 Å². The van der Waals surface area contributed by atoms with E-state index in [0.29, 0.717) is 5.82 Å². The van der Waals surface area contributed by atoms with E-state index < -0.39 is 16.6 Å². The van der Waals surface area contributed by atoms with E-state index in [1.54, 1.807) is 0 Å². The molecule has 1 unspecified atom stereocenters. The lowest BCUT2D eigenvalue weighted by atomic mass is 10.0. The first kappa shape index (κ1) is 15.2. The van der Waals surface area contributed by atoms with Gasteiger partial charge in [0.2, 0.25) is 0 Å². The second kappa shape index (κ2) is 6.04. The molecule has 1 saturated heterocycles. The summed E-state index contributed by atoms with van der Waals surface area (Å²) in [5.41, 5.74) is -0.818. The summed E-state index contributed by atoms with van der Waals surface area (Å²) in [7, 11) is 3.87. The molecule has 1 fully saturated rings. The molecule has 0 amide bonds. The van der Waals surface area contributed by atoms with E-state index in [9.17, 15) is 14.9 Å². The quantitative estimate of drug-likeness (QED) is 0.658. The normalized spacial score (nSPS) is 19.2. The van der Waals surface area contributed by atoms with E-state index >= 15 is 0 Å². The molecule has 0 spiro atoms. The molecule has 21 heavy (non-hydrogen) atoms. The number of nitro groups is 1. The monoisotopic (exact) mass is 294 g/mol. The molecule has 0 bridgehead atoms. The highest BCUT2D eigenvalue weighted by atomic mass is 16.6. The Morgan fingerprint density at radius 2 is 2.33 bits per heavy atom. The molecule has 0 aromatic carbocycles. The molecule has 2 heterocycles. The summed E-state index contributed by atoms with van der Waals surface area (Å²) in [5, 5.41) is 19.9. The Morgan fingerprint density at radius 3 is 2.90 bits per heavy atom. The van der Waals surface area contributed by atoms with Gasteiger partial charge in [0.25, 0.3) is 0 Å². The third kappa shape index (κ3) is 3.27. The van der Waals surface area contributed by atoms with Gasteiger partial charge in [-0.2, -0.15) is 0 Å². The number of piperidine rings is 1. The highest BCUT2D eigenvalue weighted by molar-refractivity contribution is 5.93. The Kier molecular flexibility index (Phi) is 4.37. The molecule has 1 aromatic rings. The van der Waals surface area contributed by atoms with Gasteiger partial charge in [-0.1, -0.05) is 0 Å². The van der Waals surface area contributed by atoms with E-state index in [0.717, 1.165) is 32.1 Å². The topological polar surface area (TPSA) is 99.8 Å². The van der Waals surface area contributed by atoms with Gasteiger partial charge in [-0.05, 0) is 26.4 Å². The molecular formula is C13H18N4O4. The van der Waals surface area contributed by atoms with Crippen LogP contribution < -0.4 is 4.90 Å². The molecule has 0 saturated carbocycles. The summed E-state index contributed by atoms with van der Waals surface area (Å²) in [4.78, 5) is 29.4. The van der Waals surface area contributed by atoms with Crippen LogP contribution in [0.5, 0.6) is 0 Å². The summed E-state index contributed by atoms with van der Waals surface area (Å²) in [6.45, 7) is 1.90. The van der Waals surface area contributed by atoms with Gasteiger partial charge < -0.3 is 14.9 Å². The smallest absolute Gasteiger partial charge is 0.342 e. The van der Waals surface area contributed by atoms with Crippen molar-refractivity contribution in [2.75, 3.05) is 32.1 Å². The van der Waals surface area contributed by atoms with Crippen LogP contribution in [0, 0.1) is 10.1 Å². The molecule has 1 aliphatic heterocycles. The number of hydrogen-bond donors (Lipinski definition) is 1. The van der Waals surface area contributed by atoms with Crippen LogP contribution in [-0.4, -0.2) is 59.1 Å². The highest BCUT2D eigenvalue weighted by Gasteiger charge is 2.26. The van der Waals surface area contributed by atoms with Gasteiger partial charge in [-0.25, -0.2) is 9.78 Å². The van der Waals surface area contributed by atoms with Crippen LogP contribution in [0.2, 0.25) is 0 Å². The van der Waals surface area contributed by atoms with Gasteiger partial charge in [0, 0.05) is 25.7 Å². The third-order valence-electron chi connectivity index (χ3n) is 3.80. The van der Waals surface area contributed by atoms with Crippen LogP contribution in [0.1, 0.15) is 23.2 Å². The average Bonchev–Trinajstić information content (AvgIpc) is 2.45. The minimum absolute atomic E-state index is 0.222. The summed E-state index contributed by atoms with van der Waals surface area (Å²) in [6.07, 6.45) is 3.06. The number of carboxylic acids is 1. The SMILES string of the molecule is CN1CCCC(N(C)c2cc(C(=O)O)c([N+](=O)[O-])cn2)C1. The van der Waals surface area contributed by atoms with Crippen molar-refractivity contribution < 1.29 is 14.8 Å². The first-order chi connectivity index (χ1) is 9.90. The van der Waals surface area contributed by atoms with Crippen LogP contribution in [0.25, 0.3) is 0 Å². The minimum Gasteiger partial charge on any atom is -0.477 e. The second-order valence-corrected chi connectivity index (χ2v) is 5.29. The number of aromatic nitrogens is 1. The van der Waals surface area contributed by atoms with Crippen LogP contribution >= 0.6 is 0 Å². The number of carbonyl (C=O) groups is 1. The van der Waals surface area contributed by atoms with Crippen LogP contribution in [0.15, 0.2) is 12.3 Å². The molecule has 1 aromatic heterocycles. The Bertz CT molecular complexity index is 563. The van der Waals surface area contributed by atoms with Gasteiger partial charge >= 0.3 is 11.7 Å². The Morgan fingerprint density at radius 1 is 1.62 bits per heavy atom. The van der Waals surface area contributed by atoms with Crippen molar-refractivity contribution in [2.24, 2.45) is 0 Å². The molecule has 0 aliphatic carbocycles. The number of rotatable bonds is 4. The fraction of sp³-hybridized carbons (Fsp3) is 0.538. The van der Waals surface area contributed by atoms with Crippen molar-refractivity contribution in [1.29, 1.82) is 0 Å². The van der Waals surface area contributed by atoms with E-state index in [1.807, 2.05) is 19.0 Å². The number of carboxylic acid groups (broad SMARTS) is 1. The lowest BCUT2D eigenvalue weighted by molar-refractivity contribution is -0.385. The predicted octanol–water partition coefficient (Wildman–Crippen LogP) is 1.22. The zero-order chi connectivity index (χ0) is 15.6. The average molecular weight is 294 g/mol. The number of nitrogens with zero attached hydrogens (tertiary/aromatic N) is 4. The lowest BCUT2D eigenvalue weighted by Crippen LogP contribution is -2.45. The number of hydrogen-bond acceptors (Lipinski definition) is 6. The van der Waals surface area contributed by atoms with Crippen molar-refractivity contribution in [3.8, 4) is 0 Å². The first-order valence-corrected chi connectivity index (χ1v) is 6.69. The summed E-state index contributed by atoms with van der Waals surface area (Å²) < 4.78 is 0. The van der Waals surface area contributed by atoms with Gasteiger partial charge in [-0.3, -0.25) is 10.1 Å². The summed E-state index contributed by atoms with van der Waals surface area (Å²) in [6, 6.07) is 1.49. The number of likely N-dealkylation sites (tertiary alicyclic amines) is 1. The maximum Gasteiger partial charge on any atom is 0.342 e. The number of likely N-dealkylation sites (N-methyl/N-ethyl adjacent to an activating group) is 2. The minimum atomic E-state index is -1.32. The van der Waals surface area contributed by atoms with Crippen LogP contribution in [0.4, 0.5) is 11.5 Å². The van der Waals surface area contributed by atoms with E-state index in [4.69, 9.17) is 5.11 Å². The summed E-state index contributed by atoms with van der Waals surface area (Å²) >= 11 is 0. The maximum absolute atomic E-state index is 11.2. The fourth-order valence-corrected chi connectivity index (χ4v) is 2.59. The van der Waals surface area contributed by atoms with Gasteiger partial charge in [0.15, 0.2) is 0 Å². The molecule has 2 rings (SSSR count). The number of aromatic carboxylic acids is 1. The maximum atomic E-state index is 11.2. The Labute approximate surface area is 122 Å². The summed E-state index contributed by atoms with van der Waals surface area (Å²) in [5.74, 6) is -0.877. The van der Waals surface area contributed by atoms with Crippen molar-refractivity contribution in [3.63, 3.8) is 0 Å². The third-order valence-corrected chi connectivity index (χ3v) is 3.80. The van der Waals surface area contributed by atoms with Crippen molar-refractivity contribution in [3.05, 3.63) is 27.9 Å². The fourth-order valence-electron chi connectivity index (χ4n) is 2.59.